The van der Waals surface area contributed by atoms with Gasteiger partial charge >= 0.3 is 5.97 Å². The number of nitrogen functional groups attached to an aromatic ring is 1. The molecular weight excluding hydrogens is 232 g/mol. The monoisotopic (exact) mass is 248 g/mol. The van der Waals surface area contributed by atoms with E-state index >= 15 is 0 Å². The van der Waals surface area contributed by atoms with E-state index in [0.717, 1.165) is 0 Å². The minimum atomic E-state index is -0.556. The summed E-state index contributed by atoms with van der Waals surface area (Å²) in [4.78, 5) is 11.4. The maximum Gasteiger partial charge on any atom is 0.344 e. The summed E-state index contributed by atoms with van der Waals surface area (Å²) in [5.74, 6) is -0.166. The van der Waals surface area contributed by atoms with Crippen LogP contribution < -0.4 is 10.5 Å². The molecule has 1 aromatic rings. The highest BCUT2D eigenvalue weighted by Crippen LogP contribution is 2.20. The van der Waals surface area contributed by atoms with Gasteiger partial charge in [-0.25, -0.2) is 4.79 Å². The average Bonchev–Trinajstić information content (AvgIpc) is 2.24. The molecule has 0 atom stereocenters. The molecule has 5 nitrogen and oxygen atoms in total. The first-order valence-electron chi connectivity index (χ1n) is 5.46. The minimum Gasteiger partial charge on any atom is -0.481 e. The number of carbonyl (C=O) groups excluding carboxylic acids is 1. The van der Waals surface area contributed by atoms with Crippen molar-refractivity contribution >= 4 is 11.7 Å². The number of benzene rings is 1. The van der Waals surface area contributed by atoms with Crippen molar-refractivity contribution in [1.82, 2.24) is 0 Å². The van der Waals surface area contributed by atoms with Crippen molar-refractivity contribution < 1.29 is 14.3 Å². The largest absolute Gasteiger partial charge is 0.481 e. The lowest BCUT2D eigenvalue weighted by Crippen LogP contribution is -2.27. The van der Waals surface area contributed by atoms with Crippen molar-refractivity contribution in [3.8, 4) is 11.8 Å². The van der Waals surface area contributed by atoms with Crippen LogP contribution in [0.3, 0.4) is 0 Å². The van der Waals surface area contributed by atoms with Gasteiger partial charge < -0.3 is 15.2 Å². The number of carbonyl (C=O) groups is 1. The van der Waals surface area contributed by atoms with Gasteiger partial charge in [0.05, 0.1) is 5.56 Å². The lowest BCUT2D eigenvalue weighted by molar-refractivity contribution is -0.157. The molecule has 0 aliphatic carbocycles. The molecule has 96 valence electrons. The van der Waals surface area contributed by atoms with Crippen molar-refractivity contribution in [1.29, 1.82) is 5.26 Å². The normalized spacial score (nSPS) is 10.6. The second-order valence-corrected chi connectivity index (χ2v) is 4.74. The van der Waals surface area contributed by atoms with Crippen molar-refractivity contribution in [2.24, 2.45) is 0 Å². The molecule has 0 bridgehead atoms. The van der Waals surface area contributed by atoms with E-state index in [1.807, 2.05) is 6.07 Å². The Labute approximate surface area is 106 Å². The van der Waals surface area contributed by atoms with E-state index < -0.39 is 11.6 Å². The van der Waals surface area contributed by atoms with Gasteiger partial charge in [-0.15, -0.1) is 0 Å². The molecule has 0 aromatic heterocycles. The van der Waals surface area contributed by atoms with Crippen molar-refractivity contribution in [2.45, 2.75) is 26.4 Å². The van der Waals surface area contributed by atoms with Crippen LogP contribution in [0, 0.1) is 11.3 Å². The molecule has 0 saturated heterocycles. The lowest BCUT2D eigenvalue weighted by Gasteiger charge is -2.19. The van der Waals surface area contributed by atoms with E-state index in [-0.39, 0.29) is 6.61 Å². The maximum atomic E-state index is 11.4. The van der Waals surface area contributed by atoms with Crippen molar-refractivity contribution in [3.63, 3.8) is 0 Å². The van der Waals surface area contributed by atoms with E-state index in [2.05, 4.69) is 0 Å². The van der Waals surface area contributed by atoms with Crippen LogP contribution in [0.5, 0.6) is 5.75 Å². The number of rotatable bonds is 3. The fourth-order valence-corrected chi connectivity index (χ4v) is 1.27. The van der Waals surface area contributed by atoms with E-state index in [9.17, 15) is 4.79 Å². The molecule has 0 fully saturated rings. The first-order valence-corrected chi connectivity index (χ1v) is 5.46. The summed E-state index contributed by atoms with van der Waals surface area (Å²) in [6.45, 7) is 5.08. The molecule has 1 aromatic carbocycles. The van der Waals surface area contributed by atoms with Gasteiger partial charge in [-0.1, -0.05) is 0 Å². The van der Waals surface area contributed by atoms with Gasteiger partial charge in [0, 0.05) is 5.69 Å². The van der Waals surface area contributed by atoms with Crippen molar-refractivity contribution in [2.75, 3.05) is 12.3 Å². The van der Waals surface area contributed by atoms with Gasteiger partial charge in [-0.2, -0.15) is 5.26 Å². The van der Waals surface area contributed by atoms with Gasteiger partial charge in [0.1, 0.15) is 17.4 Å². The Morgan fingerprint density at radius 2 is 2.11 bits per heavy atom. The third kappa shape index (κ3) is 4.34. The predicted molar refractivity (Wildman–Crippen MR) is 66.9 cm³/mol. The third-order valence-corrected chi connectivity index (χ3v) is 1.89. The highest BCUT2D eigenvalue weighted by molar-refractivity contribution is 5.71. The molecule has 1 rings (SSSR count). The van der Waals surface area contributed by atoms with Gasteiger partial charge in [0.2, 0.25) is 0 Å². The number of esters is 1. The molecule has 0 heterocycles. The predicted octanol–water partition coefficient (Wildman–Crippen LogP) is 1.86. The van der Waals surface area contributed by atoms with E-state index in [4.69, 9.17) is 20.5 Å². The molecule has 18 heavy (non-hydrogen) atoms. The second kappa shape index (κ2) is 5.41. The second-order valence-electron chi connectivity index (χ2n) is 4.74. The van der Waals surface area contributed by atoms with Gasteiger partial charge in [0.15, 0.2) is 6.61 Å². The van der Waals surface area contributed by atoms with Crippen molar-refractivity contribution in [3.05, 3.63) is 23.8 Å². The van der Waals surface area contributed by atoms with Crippen LogP contribution in [0.2, 0.25) is 0 Å². The van der Waals surface area contributed by atoms with Crippen LogP contribution in [0.15, 0.2) is 18.2 Å². The number of nitrogens with two attached hydrogens (primary N) is 1. The third-order valence-electron chi connectivity index (χ3n) is 1.89. The Balaban J connectivity index is 2.65. The summed E-state index contributed by atoms with van der Waals surface area (Å²) in [6, 6.07) is 6.60. The Morgan fingerprint density at radius 3 is 2.67 bits per heavy atom. The Hall–Kier alpha value is -2.22. The first kappa shape index (κ1) is 13.8. The molecule has 0 amide bonds. The smallest absolute Gasteiger partial charge is 0.344 e. The highest BCUT2D eigenvalue weighted by Gasteiger charge is 2.17. The number of hydrogen-bond donors (Lipinski definition) is 1. The van der Waals surface area contributed by atoms with Crippen LogP contribution in [0.1, 0.15) is 26.3 Å². The van der Waals surface area contributed by atoms with Crippen LogP contribution in [-0.2, 0) is 9.53 Å². The number of nitrogens with zero attached hydrogens (tertiary/aromatic N) is 1. The number of nitriles is 1. The zero-order valence-electron chi connectivity index (χ0n) is 10.7. The van der Waals surface area contributed by atoms with Crippen LogP contribution >= 0.6 is 0 Å². The Kier molecular flexibility index (Phi) is 4.16. The topological polar surface area (TPSA) is 85.3 Å². The molecule has 5 heteroatoms. The highest BCUT2D eigenvalue weighted by atomic mass is 16.6. The summed E-state index contributed by atoms with van der Waals surface area (Å²) in [5.41, 5.74) is 5.75. The quantitative estimate of drug-likeness (QED) is 0.651. The molecule has 2 N–H and O–H groups in total. The molecule has 0 spiro atoms. The molecule has 0 radical (unpaired) electrons. The zero-order valence-corrected chi connectivity index (χ0v) is 10.7. The average molecular weight is 248 g/mol. The fourth-order valence-electron chi connectivity index (χ4n) is 1.27. The van der Waals surface area contributed by atoms with E-state index in [1.54, 1.807) is 32.9 Å². The summed E-state index contributed by atoms with van der Waals surface area (Å²) in [7, 11) is 0. The summed E-state index contributed by atoms with van der Waals surface area (Å²) in [6.07, 6.45) is 0. The lowest BCUT2D eigenvalue weighted by atomic mass is 10.2. The number of anilines is 1. The van der Waals surface area contributed by atoms with Crippen LogP contribution in [0.25, 0.3) is 0 Å². The molecule has 0 saturated carbocycles. The van der Waals surface area contributed by atoms with E-state index in [0.29, 0.717) is 17.0 Å². The molecular formula is C13H16N2O3. The van der Waals surface area contributed by atoms with Crippen LogP contribution in [-0.4, -0.2) is 18.2 Å². The molecule has 0 unspecified atom stereocenters. The fraction of sp³-hybridized carbons (Fsp3) is 0.385. The standard InChI is InChI=1S/C13H16N2O3/c1-13(2,3)18-12(16)8-17-11-5-4-10(15)6-9(11)7-14/h4-6H,8,15H2,1-3H3. The van der Waals surface area contributed by atoms with Gasteiger partial charge in [-0.3, -0.25) is 0 Å². The number of ether oxygens (including phenoxy) is 2. The Bertz CT molecular complexity index is 484. The summed E-state index contributed by atoms with van der Waals surface area (Å²) in [5, 5.41) is 8.89. The van der Waals surface area contributed by atoms with Crippen LogP contribution in [0.4, 0.5) is 5.69 Å². The first-order chi connectivity index (χ1) is 8.31. The summed E-state index contributed by atoms with van der Waals surface area (Å²) >= 11 is 0. The van der Waals surface area contributed by atoms with Gasteiger partial charge in [0.25, 0.3) is 0 Å². The molecule has 0 aliphatic heterocycles. The summed E-state index contributed by atoms with van der Waals surface area (Å²) < 4.78 is 10.3. The SMILES string of the molecule is CC(C)(C)OC(=O)COc1ccc(N)cc1C#N. The van der Waals surface area contributed by atoms with Gasteiger partial charge in [-0.05, 0) is 39.0 Å². The van der Waals surface area contributed by atoms with E-state index in [1.165, 1.54) is 6.07 Å². The minimum absolute atomic E-state index is 0.240. The zero-order chi connectivity index (χ0) is 13.8. The maximum absolute atomic E-state index is 11.4. The number of hydrogen-bond acceptors (Lipinski definition) is 5. The Morgan fingerprint density at radius 1 is 1.44 bits per heavy atom. The molecule has 0 aliphatic rings.